The summed E-state index contributed by atoms with van der Waals surface area (Å²) in [5.41, 5.74) is -0.488. The van der Waals surface area contributed by atoms with Crippen molar-refractivity contribution in [1.29, 1.82) is 0 Å². The van der Waals surface area contributed by atoms with Gasteiger partial charge in [0.05, 0.1) is 0 Å². The highest BCUT2D eigenvalue weighted by molar-refractivity contribution is 5.95. The highest BCUT2D eigenvalue weighted by atomic mass is 16.6. The average Bonchev–Trinajstić information content (AvgIpc) is 2.48. The van der Waals surface area contributed by atoms with Crippen LogP contribution in [0.3, 0.4) is 0 Å². The minimum absolute atomic E-state index is 0.0578. The summed E-state index contributed by atoms with van der Waals surface area (Å²) in [7, 11) is 0. The van der Waals surface area contributed by atoms with Crippen molar-refractivity contribution >= 4 is 18.2 Å². The van der Waals surface area contributed by atoms with Gasteiger partial charge in [-0.2, -0.15) is 0 Å². The molecule has 26 heavy (non-hydrogen) atoms. The number of rotatable bonds is 7. The Morgan fingerprint density at radius 3 is 1.77 bits per heavy atom. The third-order valence-corrected chi connectivity index (χ3v) is 3.45. The fraction of sp³-hybridized carbons (Fsp3) is 0.571. The minimum Gasteiger partial charge on any atom is -0.459 e. The van der Waals surface area contributed by atoms with E-state index >= 15 is 0 Å². The fourth-order valence-electron chi connectivity index (χ4n) is 2.44. The maximum Gasteiger partial charge on any atom is 0.320 e. The zero-order valence-corrected chi connectivity index (χ0v) is 16.6. The van der Waals surface area contributed by atoms with E-state index in [0.717, 1.165) is 11.8 Å². The van der Waals surface area contributed by atoms with Gasteiger partial charge in [-0.15, -0.1) is 0 Å². The van der Waals surface area contributed by atoms with Crippen molar-refractivity contribution in [2.75, 3.05) is 0 Å². The highest BCUT2D eigenvalue weighted by Crippen LogP contribution is 2.23. The van der Waals surface area contributed by atoms with E-state index in [1.807, 2.05) is 30.3 Å². The van der Waals surface area contributed by atoms with Gasteiger partial charge in [0, 0.05) is 5.92 Å². The number of aldehydes is 1. The van der Waals surface area contributed by atoms with Crippen molar-refractivity contribution in [2.24, 2.45) is 11.8 Å². The predicted molar refractivity (Wildman–Crippen MR) is 99.5 cm³/mol. The summed E-state index contributed by atoms with van der Waals surface area (Å²) >= 11 is 0. The minimum atomic E-state index is -1.13. The molecule has 1 unspecified atom stereocenters. The summed E-state index contributed by atoms with van der Waals surface area (Å²) in [6, 6.07) is 9.48. The number of benzene rings is 1. The van der Waals surface area contributed by atoms with E-state index in [1.165, 1.54) is 0 Å². The number of hydrogen-bond donors (Lipinski definition) is 0. The van der Waals surface area contributed by atoms with E-state index in [-0.39, 0.29) is 6.42 Å². The number of esters is 2. The van der Waals surface area contributed by atoms with Crippen molar-refractivity contribution in [2.45, 2.75) is 65.6 Å². The summed E-state index contributed by atoms with van der Waals surface area (Å²) in [5, 5.41) is 0. The first-order chi connectivity index (χ1) is 11.9. The monoisotopic (exact) mass is 362 g/mol. The summed E-state index contributed by atoms with van der Waals surface area (Å²) in [6.45, 7) is 10.4. The molecule has 0 saturated heterocycles. The molecule has 0 aliphatic heterocycles. The second-order valence-electron chi connectivity index (χ2n) is 8.44. The number of ether oxygens (including phenoxy) is 2. The van der Waals surface area contributed by atoms with E-state index in [1.54, 1.807) is 41.5 Å². The second-order valence-corrected chi connectivity index (χ2v) is 8.44. The molecule has 0 bridgehead atoms. The number of hydrogen-bond acceptors (Lipinski definition) is 5. The Morgan fingerprint density at radius 2 is 1.38 bits per heavy atom. The molecule has 0 N–H and O–H groups in total. The summed E-state index contributed by atoms with van der Waals surface area (Å²) in [5.74, 6) is -2.94. The maximum atomic E-state index is 12.6. The van der Waals surface area contributed by atoms with E-state index in [9.17, 15) is 14.4 Å². The first kappa shape index (κ1) is 21.9. The van der Waals surface area contributed by atoms with Gasteiger partial charge in [-0.25, -0.2) is 0 Å². The van der Waals surface area contributed by atoms with Crippen LogP contribution in [0.15, 0.2) is 30.3 Å². The van der Waals surface area contributed by atoms with E-state index in [4.69, 9.17) is 9.47 Å². The molecule has 0 aliphatic carbocycles. The molecule has 0 radical (unpaired) electrons. The van der Waals surface area contributed by atoms with Crippen LogP contribution in [0.2, 0.25) is 0 Å². The Hall–Kier alpha value is -2.17. The molecule has 0 aromatic heterocycles. The Kier molecular flexibility index (Phi) is 7.54. The van der Waals surface area contributed by atoms with Gasteiger partial charge in [0.1, 0.15) is 17.5 Å². The molecular formula is C21H30O5. The third-order valence-electron chi connectivity index (χ3n) is 3.45. The maximum absolute atomic E-state index is 12.6. The summed E-state index contributed by atoms with van der Waals surface area (Å²) in [6.07, 6.45) is 1.30. The Labute approximate surface area is 156 Å². The molecule has 1 aromatic carbocycles. The van der Waals surface area contributed by atoms with Gasteiger partial charge in [-0.3, -0.25) is 9.59 Å². The van der Waals surface area contributed by atoms with Crippen molar-refractivity contribution in [3.8, 4) is 0 Å². The van der Waals surface area contributed by atoms with Crippen molar-refractivity contribution < 1.29 is 23.9 Å². The molecule has 1 atom stereocenters. The first-order valence-electron chi connectivity index (χ1n) is 8.86. The van der Waals surface area contributed by atoms with Crippen LogP contribution in [-0.2, 0) is 30.3 Å². The van der Waals surface area contributed by atoms with Crippen LogP contribution in [0.5, 0.6) is 0 Å². The Morgan fingerprint density at radius 1 is 0.923 bits per heavy atom. The fourth-order valence-corrected chi connectivity index (χ4v) is 2.44. The summed E-state index contributed by atoms with van der Waals surface area (Å²) < 4.78 is 10.8. The quantitative estimate of drug-likeness (QED) is 0.420. The molecule has 0 saturated carbocycles. The highest BCUT2D eigenvalue weighted by Gasteiger charge is 2.36. The lowest BCUT2D eigenvalue weighted by molar-refractivity contribution is -0.175. The van der Waals surface area contributed by atoms with Crippen LogP contribution in [0.1, 0.15) is 53.5 Å². The molecule has 0 amide bonds. The van der Waals surface area contributed by atoms with Crippen LogP contribution >= 0.6 is 0 Å². The van der Waals surface area contributed by atoms with E-state index < -0.39 is 35.0 Å². The van der Waals surface area contributed by atoms with Crippen LogP contribution in [-0.4, -0.2) is 29.4 Å². The SMILES string of the molecule is CC(C)(C)OC(=O)C(CC(C=O)Cc1ccccc1)C(=O)OC(C)(C)C. The van der Waals surface area contributed by atoms with Crippen LogP contribution < -0.4 is 0 Å². The molecule has 5 heteroatoms. The lowest BCUT2D eigenvalue weighted by Gasteiger charge is -2.27. The topological polar surface area (TPSA) is 69.7 Å². The molecule has 1 aromatic rings. The smallest absolute Gasteiger partial charge is 0.320 e. The van der Waals surface area contributed by atoms with Crippen LogP contribution in [0, 0.1) is 11.8 Å². The van der Waals surface area contributed by atoms with Crippen molar-refractivity contribution in [1.82, 2.24) is 0 Å². The normalized spacial score (nSPS) is 13.2. The molecule has 0 spiro atoms. The van der Waals surface area contributed by atoms with Crippen LogP contribution in [0.4, 0.5) is 0 Å². The van der Waals surface area contributed by atoms with Crippen molar-refractivity contribution in [3.05, 3.63) is 35.9 Å². The largest absolute Gasteiger partial charge is 0.459 e. The zero-order chi connectivity index (χ0) is 20.0. The Bertz CT molecular complexity index is 580. The molecule has 0 fully saturated rings. The predicted octanol–water partition coefficient (Wildman–Crippen LogP) is 3.73. The van der Waals surface area contributed by atoms with Gasteiger partial charge in [-0.05, 0) is 59.9 Å². The van der Waals surface area contributed by atoms with Gasteiger partial charge < -0.3 is 14.3 Å². The molecule has 0 aliphatic rings. The lowest BCUT2D eigenvalue weighted by atomic mass is 9.90. The molecule has 1 rings (SSSR count). The van der Waals surface area contributed by atoms with Crippen molar-refractivity contribution in [3.63, 3.8) is 0 Å². The average molecular weight is 362 g/mol. The van der Waals surface area contributed by atoms with Gasteiger partial charge >= 0.3 is 11.9 Å². The summed E-state index contributed by atoms with van der Waals surface area (Å²) in [4.78, 5) is 36.7. The zero-order valence-electron chi connectivity index (χ0n) is 16.6. The molecule has 144 valence electrons. The van der Waals surface area contributed by atoms with E-state index in [0.29, 0.717) is 6.42 Å². The molecule has 5 nitrogen and oxygen atoms in total. The van der Waals surface area contributed by atoms with E-state index in [2.05, 4.69) is 0 Å². The van der Waals surface area contributed by atoms with Crippen LogP contribution in [0.25, 0.3) is 0 Å². The van der Waals surface area contributed by atoms with Gasteiger partial charge in [-0.1, -0.05) is 30.3 Å². The number of carbonyl (C=O) groups excluding carboxylic acids is 3. The molecule has 0 heterocycles. The Balaban J connectivity index is 2.96. The van der Waals surface area contributed by atoms with Gasteiger partial charge in [0.25, 0.3) is 0 Å². The van der Waals surface area contributed by atoms with Gasteiger partial charge in [0.15, 0.2) is 5.92 Å². The lowest BCUT2D eigenvalue weighted by Crippen LogP contribution is -2.38. The van der Waals surface area contributed by atoms with Gasteiger partial charge in [0.2, 0.25) is 0 Å². The first-order valence-corrected chi connectivity index (χ1v) is 8.86. The standard InChI is InChI=1S/C21H30O5/c1-20(2,3)25-18(23)17(19(24)26-21(4,5)6)13-16(14-22)12-15-10-8-7-9-11-15/h7-11,14,16-17H,12-13H2,1-6H3. The molecular weight excluding hydrogens is 332 g/mol. The number of carbonyl (C=O) groups is 3. The third kappa shape index (κ3) is 8.28. The second kappa shape index (κ2) is 8.97.